The highest BCUT2D eigenvalue weighted by molar-refractivity contribution is 7.92. The van der Waals surface area contributed by atoms with Gasteiger partial charge in [0.2, 0.25) is 0 Å². The Labute approximate surface area is 109 Å². The quantitative estimate of drug-likeness (QED) is 0.762. The Hall–Kier alpha value is -0.910. The molecule has 1 atom stereocenters. The highest BCUT2D eigenvalue weighted by Gasteiger charge is 2.22. The molecule has 1 rings (SSSR count). The molecule has 0 aliphatic carbocycles. The molecule has 4 nitrogen and oxygen atoms in total. The SMILES string of the molecule is COCCNCC(C)S(=O)(=O)c1ccc(C)cc1. The van der Waals surface area contributed by atoms with Crippen molar-refractivity contribution in [3.8, 4) is 0 Å². The van der Waals surface area contributed by atoms with Crippen LogP contribution in [-0.2, 0) is 14.6 Å². The number of nitrogens with one attached hydrogen (secondary N) is 1. The van der Waals surface area contributed by atoms with Gasteiger partial charge in [0.25, 0.3) is 0 Å². The van der Waals surface area contributed by atoms with Gasteiger partial charge in [0.15, 0.2) is 9.84 Å². The van der Waals surface area contributed by atoms with Crippen molar-refractivity contribution in [1.29, 1.82) is 0 Å². The maximum absolute atomic E-state index is 12.2. The van der Waals surface area contributed by atoms with Crippen molar-refractivity contribution in [3.63, 3.8) is 0 Å². The molecule has 1 unspecified atom stereocenters. The molecule has 102 valence electrons. The lowest BCUT2D eigenvalue weighted by Crippen LogP contribution is -2.33. The van der Waals surface area contributed by atoms with E-state index in [4.69, 9.17) is 4.74 Å². The summed E-state index contributed by atoms with van der Waals surface area (Å²) in [6, 6.07) is 6.96. The van der Waals surface area contributed by atoms with Crippen molar-refractivity contribution >= 4 is 9.84 Å². The first-order valence-corrected chi connectivity index (χ1v) is 7.53. The van der Waals surface area contributed by atoms with Crippen molar-refractivity contribution in [3.05, 3.63) is 29.8 Å². The lowest BCUT2D eigenvalue weighted by Gasteiger charge is -2.14. The van der Waals surface area contributed by atoms with Gasteiger partial charge in [-0.05, 0) is 26.0 Å². The molecule has 0 aliphatic heterocycles. The third-order valence-corrected chi connectivity index (χ3v) is 4.95. The van der Waals surface area contributed by atoms with E-state index >= 15 is 0 Å². The van der Waals surface area contributed by atoms with Gasteiger partial charge in [0.05, 0.1) is 16.8 Å². The number of benzene rings is 1. The van der Waals surface area contributed by atoms with Gasteiger partial charge in [0.1, 0.15) is 0 Å². The number of sulfone groups is 1. The van der Waals surface area contributed by atoms with Gasteiger partial charge in [0, 0.05) is 20.2 Å². The van der Waals surface area contributed by atoms with Crippen molar-refractivity contribution in [2.45, 2.75) is 24.0 Å². The smallest absolute Gasteiger partial charge is 0.182 e. The maximum Gasteiger partial charge on any atom is 0.182 e. The van der Waals surface area contributed by atoms with Crippen LogP contribution in [0.5, 0.6) is 0 Å². The zero-order valence-electron chi connectivity index (χ0n) is 11.1. The van der Waals surface area contributed by atoms with Crippen LogP contribution in [0.4, 0.5) is 0 Å². The summed E-state index contributed by atoms with van der Waals surface area (Å²) in [6.07, 6.45) is 0. The summed E-state index contributed by atoms with van der Waals surface area (Å²) in [6.45, 7) is 5.32. The van der Waals surface area contributed by atoms with Crippen molar-refractivity contribution in [1.82, 2.24) is 5.32 Å². The van der Waals surface area contributed by atoms with Crippen LogP contribution < -0.4 is 5.32 Å². The first-order chi connectivity index (χ1) is 8.48. The molecule has 0 aliphatic rings. The molecule has 0 heterocycles. The molecule has 0 bridgehead atoms. The number of rotatable bonds is 7. The topological polar surface area (TPSA) is 55.4 Å². The summed E-state index contributed by atoms with van der Waals surface area (Å²) >= 11 is 0. The molecule has 5 heteroatoms. The third-order valence-electron chi connectivity index (χ3n) is 2.79. The van der Waals surface area contributed by atoms with Crippen LogP contribution in [0.2, 0.25) is 0 Å². The summed E-state index contributed by atoms with van der Waals surface area (Å²) < 4.78 is 29.4. The van der Waals surface area contributed by atoms with Gasteiger partial charge in [-0.25, -0.2) is 8.42 Å². The number of ether oxygens (including phenoxy) is 1. The Kier molecular flexibility index (Phi) is 5.78. The first-order valence-electron chi connectivity index (χ1n) is 5.98. The maximum atomic E-state index is 12.2. The fourth-order valence-electron chi connectivity index (χ4n) is 1.55. The fraction of sp³-hybridized carbons (Fsp3) is 0.538. The Morgan fingerprint density at radius 1 is 1.28 bits per heavy atom. The zero-order chi connectivity index (χ0) is 13.6. The van der Waals surface area contributed by atoms with Gasteiger partial charge in [-0.2, -0.15) is 0 Å². The van der Waals surface area contributed by atoms with Crippen LogP contribution in [-0.4, -0.2) is 40.5 Å². The largest absolute Gasteiger partial charge is 0.383 e. The van der Waals surface area contributed by atoms with E-state index in [9.17, 15) is 8.42 Å². The third kappa shape index (κ3) is 4.08. The Morgan fingerprint density at radius 2 is 1.89 bits per heavy atom. The molecule has 0 fully saturated rings. The minimum Gasteiger partial charge on any atom is -0.383 e. The van der Waals surface area contributed by atoms with E-state index in [1.54, 1.807) is 26.2 Å². The van der Waals surface area contributed by atoms with E-state index in [-0.39, 0.29) is 0 Å². The van der Waals surface area contributed by atoms with Crippen LogP contribution >= 0.6 is 0 Å². The van der Waals surface area contributed by atoms with Crippen LogP contribution in [0.15, 0.2) is 29.2 Å². The summed E-state index contributed by atoms with van der Waals surface area (Å²) in [7, 11) is -1.63. The molecule has 1 N–H and O–H groups in total. The van der Waals surface area contributed by atoms with Crippen LogP contribution in [0.25, 0.3) is 0 Å². The molecular formula is C13H21NO3S. The monoisotopic (exact) mass is 271 g/mol. The van der Waals surface area contributed by atoms with Crippen LogP contribution in [0, 0.1) is 6.92 Å². The lowest BCUT2D eigenvalue weighted by atomic mass is 10.2. The Balaban J connectivity index is 2.65. The molecule has 1 aromatic carbocycles. The Bertz CT molecular complexity index is 454. The second kappa shape index (κ2) is 6.87. The summed E-state index contributed by atoms with van der Waals surface area (Å²) in [4.78, 5) is 0.383. The molecule has 0 spiro atoms. The predicted molar refractivity (Wildman–Crippen MR) is 72.6 cm³/mol. The van der Waals surface area contributed by atoms with E-state index in [0.29, 0.717) is 24.6 Å². The minimum absolute atomic E-state index is 0.383. The number of hydrogen-bond donors (Lipinski definition) is 1. The van der Waals surface area contributed by atoms with E-state index in [1.165, 1.54) is 0 Å². The second-order valence-electron chi connectivity index (χ2n) is 4.37. The molecule has 0 aromatic heterocycles. The zero-order valence-corrected chi connectivity index (χ0v) is 12.0. The molecular weight excluding hydrogens is 250 g/mol. The van der Waals surface area contributed by atoms with Crippen molar-refractivity contribution < 1.29 is 13.2 Å². The average molecular weight is 271 g/mol. The molecule has 0 radical (unpaired) electrons. The summed E-state index contributed by atoms with van der Waals surface area (Å²) in [5.41, 5.74) is 1.06. The first kappa shape index (κ1) is 15.1. The number of methoxy groups -OCH3 is 1. The normalized spacial score (nSPS) is 13.5. The van der Waals surface area contributed by atoms with Gasteiger partial charge in [-0.3, -0.25) is 0 Å². The summed E-state index contributed by atoms with van der Waals surface area (Å²) in [5.74, 6) is 0. The predicted octanol–water partition coefficient (Wildman–Crippen LogP) is 1.39. The molecule has 18 heavy (non-hydrogen) atoms. The van der Waals surface area contributed by atoms with E-state index in [1.807, 2.05) is 19.1 Å². The summed E-state index contributed by atoms with van der Waals surface area (Å²) in [5, 5.41) is 2.62. The van der Waals surface area contributed by atoms with Gasteiger partial charge >= 0.3 is 0 Å². The van der Waals surface area contributed by atoms with Crippen molar-refractivity contribution in [2.75, 3.05) is 26.8 Å². The standard InChI is InChI=1S/C13H21NO3S/c1-11-4-6-13(7-5-11)18(15,16)12(2)10-14-8-9-17-3/h4-7,12,14H,8-10H2,1-3H3. The van der Waals surface area contributed by atoms with Gasteiger partial charge in [-0.1, -0.05) is 17.7 Å². The van der Waals surface area contributed by atoms with E-state index in [0.717, 1.165) is 5.56 Å². The van der Waals surface area contributed by atoms with Gasteiger partial charge < -0.3 is 10.1 Å². The molecule has 1 aromatic rings. The molecule has 0 saturated carbocycles. The van der Waals surface area contributed by atoms with Gasteiger partial charge in [-0.15, -0.1) is 0 Å². The van der Waals surface area contributed by atoms with E-state index in [2.05, 4.69) is 5.32 Å². The minimum atomic E-state index is -3.25. The van der Waals surface area contributed by atoms with Crippen LogP contribution in [0.3, 0.4) is 0 Å². The van der Waals surface area contributed by atoms with Crippen LogP contribution in [0.1, 0.15) is 12.5 Å². The number of aryl methyl sites for hydroxylation is 1. The molecule has 0 amide bonds. The highest BCUT2D eigenvalue weighted by atomic mass is 32.2. The Morgan fingerprint density at radius 3 is 2.44 bits per heavy atom. The number of hydrogen-bond acceptors (Lipinski definition) is 4. The second-order valence-corrected chi connectivity index (χ2v) is 6.73. The average Bonchev–Trinajstić information content (AvgIpc) is 2.35. The lowest BCUT2D eigenvalue weighted by molar-refractivity contribution is 0.199. The molecule has 0 saturated heterocycles. The highest BCUT2D eigenvalue weighted by Crippen LogP contribution is 2.16. The van der Waals surface area contributed by atoms with E-state index < -0.39 is 15.1 Å². The fourth-order valence-corrected chi connectivity index (χ4v) is 2.87. The van der Waals surface area contributed by atoms with Crippen molar-refractivity contribution in [2.24, 2.45) is 0 Å².